The molecule has 9 heteroatoms. The first-order chi connectivity index (χ1) is 15.4. The number of aromatic hydroxyl groups is 1. The molecule has 1 unspecified atom stereocenters. The van der Waals surface area contributed by atoms with Gasteiger partial charge in [-0.15, -0.1) is 11.3 Å². The second-order valence-electron chi connectivity index (χ2n) is 7.33. The number of ketones is 1. The van der Waals surface area contributed by atoms with Gasteiger partial charge in [-0.2, -0.15) is 5.23 Å². The van der Waals surface area contributed by atoms with Gasteiger partial charge in [0.15, 0.2) is 11.5 Å². The van der Waals surface area contributed by atoms with Gasteiger partial charge in [0, 0.05) is 41.6 Å². The lowest BCUT2D eigenvalue weighted by Crippen LogP contribution is -2.99. The van der Waals surface area contributed by atoms with Gasteiger partial charge in [-0.05, 0) is 29.6 Å². The molecule has 8 nitrogen and oxygen atoms in total. The van der Waals surface area contributed by atoms with Gasteiger partial charge in [0.05, 0.1) is 11.6 Å². The lowest BCUT2D eigenvalue weighted by Gasteiger charge is -2.20. The summed E-state index contributed by atoms with van der Waals surface area (Å²) in [7, 11) is 1.56. The van der Waals surface area contributed by atoms with Crippen molar-refractivity contribution in [2.24, 2.45) is 7.05 Å². The monoisotopic (exact) mass is 451 g/mol. The molecular weight excluding hydrogens is 430 g/mol. The number of thiophene rings is 1. The van der Waals surface area contributed by atoms with E-state index in [-0.39, 0.29) is 23.4 Å². The van der Waals surface area contributed by atoms with Crippen LogP contribution in [0.4, 0.5) is 11.4 Å². The number of para-hydroxylation sites is 1. The summed E-state index contributed by atoms with van der Waals surface area (Å²) in [6.45, 7) is 0. The molecule has 0 saturated heterocycles. The van der Waals surface area contributed by atoms with E-state index in [1.165, 1.54) is 28.0 Å². The van der Waals surface area contributed by atoms with Crippen LogP contribution in [0.1, 0.15) is 27.7 Å². The maximum absolute atomic E-state index is 13.3. The Hall–Kier alpha value is -3.50. The third kappa shape index (κ3) is 4.14. The highest BCUT2D eigenvalue weighted by Gasteiger charge is 2.25. The van der Waals surface area contributed by atoms with Gasteiger partial charge in [-0.25, -0.2) is 5.21 Å². The van der Waals surface area contributed by atoms with E-state index >= 15 is 0 Å². The van der Waals surface area contributed by atoms with Crippen molar-refractivity contribution >= 4 is 39.4 Å². The molecule has 0 aliphatic heterocycles. The SMILES string of the molecule is Cn1c(=O)c(C(=O)C[C@H](Nc2cccc([NH+]([O-])O)c2)c2cccs2)c(O)c2ccccc21. The number of quaternary nitrogens is 1. The van der Waals surface area contributed by atoms with Crippen LogP contribution in [0.25, 0.3) is 10.9 Å². The Kier molecular flexibility index (Phi) is 6.06. The molecule has 0 saturated carbocycles. The lowest BCUT2D eigenvalue weighted by molar-refractivity contribution is -0.991. The Morgan fingerprint density at radius 3 is 2.69 bits per heavy atom. The number of carbonyl (C=O) groups is 1. The van der Waals surface area contributed by atoms with Crippen molar-refractivity contribution in [3.05, 3.63) is 92.0 Å². The van der Waals surface area contributed by atoms with Crippen LogP contribution in [0.2, 0.25) is 0 Å². The zero-order valence-corrected chi connectivity index (χ0v) is 17.9. The van der Waals surface area contributed by atoms with Crippen LogP contribution >= 0.6 is 11.3 Å². The summed E-state index contributed by atoms with van der Waals surface area (Å²) in [4.78, 5) is 27.0. The molecule has 164 valence electrons. The maximum Gasteiger partial charge on any atom is 0.265 e. The van der Waals surface area contributed by atoms with Crippen LogP contribution < -0.4 is 16.1 Å². The number of hydrogen-bond acceptors (Lipinski definition) is 7. The number of rotatable bonds is 7. The van der Waals surface area contributed by atoms with E-state index < -0.39 is 22.6 Å². The number of anilines is 1. The minimum Gasteiger partial charge on any atom is -0.595 e. The quantitative estimate of drug-likeness (QED) is 0.253. The highest BCUT2D eigenvalue weighted by Crippen LogP contribution is 2.31. The summed E-state index contributed by atoms with van der Waals surface area (Å²) in [6.07, 6.45) is -0.0983. The molecule has 2 atom stereocenters. The molecule has 0 spiro atoms. The second kappa shape index (κ2) is 8.93. The molecule has 2 aromatic heterocycles. The van der Waals surface area contributed by atoms with E-state index in [1.54, 1.807) is 43.4 Å². The average molecular weight is 452 g/mol. The van der Waals surface area contributed by atoms with Gasteiger partial charge in [0.1, 0.15) is 11.3 Å². The summed E-state index contributed by atoms with van der Waals surface area (Å²) in [5.41, 5.74) is 0.363. The van der Waals surface area contributed by atoms with E-state index in [0.717, 1.165) is 4.88 Å². The van der Waals surface area contributed by atoms with Gasteiger partial charge in [0.25, 0.3) is 5.56 Å². The van der Waals surface area contributed by atoms with Gasteiger partial charge in [-0.3, -0.25) is 9.59 Å². The smallest absolute Gasteiger partial charge is 0.265 e. The Morgan fingerprint density at radius 2 is 1.97 bits per heavy atom. The Labute approximate surface area is 187 Å². The van der Waals surface area contributed by atoms with Crippen LogP contribution in [-0.4, -0.2) is 20.7 Å². The zero-order valence-electron chi connectivity index (χ0n) is 17.1. The molecule has 2 heterocycles. The van der Waals surface area contributed by atoms with Crippen LogP contribution in [0.5, 0.6) is 5.75 Å². The molecule has 0 radical (unpaired) electrons. The molecule has 0 amide bonds. The number of aromatic nitrogens is 1. The minimum absolute atomic E-state index is 0.0983. The molecule has 0 fully saturated rings. The first-order valence-corrected chi connectivity index (χ1v) is 10.7. The molecule has 4 rings (SSSR count). The van der Waals surface area contributed by atoms with E-state index in [0.29, 0.717) is 16.6 Å². The Morgan fingerprint density at radius 1 is 1.19 bits per heavy atom. The molecule has 0 aliphatic rings. The van der Waals surface area contributed by atoms with Gasteiger partial charge >= 0.3 is 0 Å². The number of benzene rings is 2. The summed E-state index contributed by atoms with van der Waals surface area (Å²) < 4.78 is 1.35. The summed E-state index contributed by atoms with van der Waals surface area (Å²) in [5.74, 6) is -0.833. The van der Waals surface area contributed by atoms with Crippen LogP contribution in [0, 0.1) is 5.21 Å². The maximum atomic E-state index is 13.3. The first-order valence-electron chi connectivity index (χ1n) is 9.84. The third-order valence-corrected chi connectivity index (χ3v) is 6.27. The molecule has 0 aliphatic carbocycles. The van der Waals surface area contributed by atoms with Gasteiger partial charge in [0.2, 0.25) is 0 Å². The second-order valence-corrected chi connectivity index (χ2v) is 8.31. The minimum atomic E-state index is -1.05. The zero-order chi connectivity index (χ0) is 22.8. The standard InChI is InChI=1S/C23H21N3O5S/c1-25-18-9-3-2-8-16(18)22(28)21(23(25)29)19(27)13-17(20-10-5-11-32-20)24-14-6-4-7-15(12-14)26(30)31/h2-12,17,24,26,28,30H,13H2,1H3/t17-/m0/s1. The molecule has 4 aromatic rings. The highest BCUT2D eigenvalue weighted by molar-refractivity contribution is 7.10. The molecule has 2 aromatic carbocycles. The van der Waals surface area contributed by atoms with E-state index in [4.69, 9.17) is 0 Å². The van der Waals surface area contributed by atoms with Crippen molar-refractivity contribution in [1.82, 2.24) is 4.57 Å². The fourth-order valence-electron chi connectivity index (χ4n) is 3.67. The topological polar surface area (TPSA) is 119 Å². The number of fused-ring (bicyclic) bond motifs is 1. The van der Waals surface area contributed by atoms with Crippen LogP contribution in [-0.2, 0) is 7.05 Å². The number of nitrogens with one attached hydrogen (secondary N) is 2. The summed E-state index contributed by atoms with van der Waals surface area (Å²) >= 11 is 1.44. The number of carbonyl (C=O) groups excluding carboxylic acids is 1. The highest BCUT2D eigenvalue weighted by atomic mass is 32.1. The summed E-state index contributed by atoms with van der Waals surface area (Å²) in [6, 6.07) is 16.3. The molecule has 0 bridgehead atoms. The number of nitrogens with zero attached hydrogens (tertiary/aromatic N) is 1. The molecule has 32 heavy (non-hydrogen) atoms. The normalized spacial score (nSPS) is 13.1. The number of aryl methyl sites for hydroxylation is 1. The first kappa shape index (κ1) is 21.7. The number of Topliss-reactive ketones (excluding diaryl/α,β-unsaturated/α-hetero) is 1. The van der Waals surface area contributed by atoms with Crippen molar-refractivity contribution < 1.29 is 20.3 Å². The largest absolute Gasteiger partial charge is 0.595 e. The lowest BCUT2D eigenvalue weighted by atomic mass is 10.0. The average Bonchev–Trinajstić information content (AvgIpc) is 3.32. The van der Waals surface area contributed by atoms with Crippen molar-refractivity contribution in [2.45, 2.75) is 12.5 Å². The summed E-state index contributed by atoms with van der Waals surface area (Å²) in [5, 5.41) is 35.7. The Bertz CT molecular complexity index is 1330. The number of hydrogen-bond donors (Lipinski definition) is 4. The van der Waals surface area contributed by atoms with E-state index in [1.807, 2.05) is 17.5 Å². The predicted molar refractivity (Wildman–Crippen MR) is 123 cm³/mol. The number of pyridine rings is 1. The van der Waals surface area contributed by atoms with Crippen molar-refractivity contribution in [1.29, 1.82) is 0 Å². The third-order valence-electron chi connectivity index (χ3n) is 5.28. The Balaban J connectivity index is 1.70. The van der Waals surface area contributed by atoms with E-state index in [9.17, 15) is 25.1 Å². The van der Waals surface area contributed by atoms with Gasteiger partial charge in [-0.1, -0.05) is 24.3 Å². The fourth-order valence-corrected chi connectivity index (χ4v) is 4.45. The van der Waals surface area contributed by atoms with Crippen molar-refractivity contribution in [2.75, 3.05) is 5.32 Å². The molecule has 4 N–H and O–H groups in total. The molecular formula is C23H21N3O5S. The predicted octanol–water partition coefficient (Wildman–Crippen LogP) is 3.14. The van der Waals surface area contributed by atoms with Crippen LogP contribution in [0.15, 0.2) is 70.8 Å². The van der Waals surface area contributed by atoms with Crippen molar-refractivity contribution in [3.8, 4) is 5.75 Å². The van der Waals surface area contributed by atoms with Crippen LogP contribution in [0.3, 0.4) is 0 Å². The van der Waals surface area contributed by atoms with Crippen molar-refractivity contribution in [3.63, 3.8) is 0 Å². The fraction of sp³-hybridized carbons (Fsp3) is 0.130. The van der Waals surface area contributed by atoms with E-state index in [2.05, 4.69) is 5.32 Å². The van der Waals surface area contributed by atoms with Gasteiger partial charge < -0.3 is 20.2 Å².